The lowest BCUT2D eigenvalue weighted by Crippen LogP contribution is -2.12. The molecule has 100 valence electrons. The highest BCUT2D eigenvalue weighted by Gasteiger charge is 2.23. The third-order valence-corrected chi connectivity index (χ3v) is 2.96. The number of hydrogen-bond donors (Lipinski definition) is 1. The van der Waals surface area contributed by atoms with Gasteiger partial charge >= 0.3 is 5.97 Å². The van der Waals surface area contributed by atoms with Crippen molar-refractivity contribution in [2.24, 2.45) is 0 Å². The summed E-state index contributed by atoms with van der Waals surface area (Å²) in [5, 5.41) is 9.31. The molecule has 1 aromatic rings. The first kappa shape index (κ1) is 14.4. The molecule has 4 heteroatoms. The summed E-state index contributed by atoms with van der Waals surface area (Å²) in [7, 11) is 3.11. The summed E-state index contributed by atoms with van der Waals surface area (Å²) in [5.41, 5.74) is 0.708. The zero-order valence-corrected chi connectivity index (χ0v) is 11.1. The van der Waals surface area contributed by atoms with E-state index in [4.69, 9.17) is 9.47 Å². The Morgan fingerprint density at radius 3 is 2.56 bits per heavy atom. The van der Waals surface area contributed by atoms with Gasteiger partial charge in [-0.1, -0.05) is 25.8 Å². The van der Waals surface area contributed by atoms with Crippen LogP contribution in [0.2, 0.25) is 0 Å². The average molecular weight is 252 g/mol. The van der Waals surface area contributed by atoms with E-state index in [0.29, 0.717) is 23.5 Å². The first-order valence-corrected chi connectivity index (χ1v) is 6.08. The van der Waals surface area contributed by atoms with E-state index in [1.165, 1.54) is 7.11 Å². The zero-order chi connectivity index (χ0) is 13.5. The molecular formula is C14H20O4. The minimum atomic E-state index is -0.813. The van der Waals surface area contributed by atoms with Crippen LogP contribution in [0.4, 0.5) is 0 Å². The quantitative estimate of drug-likeness (QED) is 0.810. The van der Waals surface area contributed by atoms with Gasteiger partial charge in [0, 0.05) is 11.6 Å². The first-order valence-electron chi connectivity index (χ1n) is 6.08. The zero-order valence-electron chi connectivity index (χ0n) is 11.1. The molecule has 0 bridgehead atoms. The van der Waals surface area contributed by atoms with Gasteiger partial charge in [-0.05, 0) is 12.5 Å². The van der Waals surface area contributed by atoms with Gasteiger partial charge in [0.1, 0.15) is 11.5 Å². The Kier molecular flexibility index (Phi) is 5.49. The second kappa shape index (κ2) is 6.89. The Balaban J connectivity index is 3.06. The van der Waals surface area contributed by atoms with Crippen LogP contribution in [0.3, 0.4) is 0 Å². The number of carboxylic acid groups (broad SMARTS) is 1. The summed E-state index contributed by atoms with van der Waals surface area (Å²) in [6.45, 7) is 2.05. The molecule has 0 fully saturated rings. The molecule has 0 amide bonds. The SMILES string of the molecule is CCCCC(C(=O)O)c1ccc(OC)cc1OC. The summed E-state index contributed by atoms with van der Waals surface area (Å²) in [6.07, 6.45) is 2.48. The van der Waals surface area contributed by atoms with Crippen molar-refractivity contribution in [1.29, 1.82) is 0 Å². The maximum absolute atomic E-state index is 11.3. The van der Waals surface area contributed by atoms with E-state index in [0.717, 1.165) is 12.8 Å². The first-order chi connectivity index (χ1) is 8.63. The van der Waals surface area contributed by atoms with Crippen molar-refractivity contribution in [2.45, 2.75) is 32.1 Å². The Morgan fingerprint density at radius 2 is 2.06 bits per heavy atom. The predicted molar refractivity (Wildman–Crippen MR) is 69.4 cm³/mol. The number of methoxy groups -OCH3 is 2. The molecule has 1 atom stereocenters. The van der Waals surface area contributed by atoms with Crippen molar-refractivity contribution < 1.29 is 19.4 Å². The highest BCUT2D eigenvalue weighted by molar-refractivity contribution is 5.77. The van der Waals surface area contributed by atoms with Crippen molar-refractivity contribution in [3.05, 3.63) is 23.8 Å². The van der Waals surface area contributed by atoms with E-state index >= 15 is 0 Å². The molecule has 0 radical (unpaired) electrons. The van der Waals surface area contributed by atoms with Crippen LogP contribution in [0.5, 0.6) is 11.5 Å². The third-order valence-electron chi connectivity index (χ3n) is 2.96. The maximum atomic E-state index is 11.3. The van der Waals surface area contributed by atoms with Gasteiger partial charge in [-0.2, -0.15) is 0 Å². The second-order valence-corrected chi connectivity index (χ2v) is 4.14. The van der Waals surface area contributed by atoms with E-state index in [1.54, 1.807) is 25.3 Å². The molecule has 1 unspecified atom stereocenters. The minimum Gasteiger partial charge on any atom is -0.497 e. The summed E-state index contributed by atoms with van der Waals surface area (Å²) < 4.78 is 10.4. The Labute approximate surface area is 108 Å². The molecule has 1 aromatic carbocycles. The number of unbranched alkanes of at least 4 members (excludes halogenated alkanes) is 1. The van der Waals surface area contributed by atoms with Gasteiger partial charge in [0.15, 0.2) is 0 Å². The highest BCUT2D eigenvalue weighted by Crippen LogP contribution is 2.33. The number of aliphatic carboxylic acids is 1. The molecule has 0 spiro atoms. The number of hydrogen-bond acceptors (Lipinski definition) is 3. The van der Waals surface area contributed by atoms with Crippen molar-refractivity contribution in [2.75, 3.05) is 14.2 Å². The Morgan fingerprint density at radius 1 is 1.33 bits per heavy atom. The fraction of sp³-hybridized carbons (Fsp3) is 0.500. The lowest BCUT2D eigenvalue weighted by Gasteiger charge is -2.16. The summed E-state index contributed by atoms with van der Waals surface area (Å²) >= 11 is 0. The number of ether oxygens (including phenoxy) is 2. The number of benzene rings is 1. The molecule has 1 N–H and O–H groups in total. The van der Waals surface area contributed by atoms with Gasteiger partial charge in [0.25, 0.3) is 0 Å². The van der Waals surface area contributed by atoms with Crippen LogP contribution in [0.25, 0.3) is 0 Å². The van der Waals surface area contributed by atoms with E-state index in [9.17, 15) is 9.90 Å². The molecule has 0 heterocycles. The molecular weight excluding hydrogens is 232 g/mol. The van der Waals surface area contributed by atoms with Crippen LogP contribution >= 0.6 is 0 Å². The molecule has 0 aliphatic rings. The topological polar surface area (TPSA) is 55.8 Å². The fourth-order valence-electron chi connectivity index (χ4n) is 1.93. The summed E-state index contributed by atoms with van der Waals surface area (Å²) in [6, 6.07) is 5.25. The van der Waals surface area contributed by atoms with Crippen LogP contribution in [0.1, 0.15) is 37.7 Å². The summed E-state index contributed by atoms with van der Waals surface area (Å²) in [5.74, 6) is -0.106. The van der Waals surface area contributed by atoms with E-state index < -0.39 is 11.9 Å². The monoisotopic (exact) mass is 252 g/mol. The lowest BCUT2D eigenvalue weighted by molar-refractivity contribution is -0.139. The molecule has 0 aliphatic heterocycles. The molecule has 18 heavy (non-hydrogen) atoms. The largest absolute Gasteiger partial charge is 0.497 e. The molecule has 0 aliphatic carbocycles. The molecule has 0 saturated heterocycles. The normalized spacial score (nSPS) is 11.9. The van der Waals surface area contributed by atoms with Crippen molar-refractivity contribution in [3.8, 4) is 11.5 Å². The molecule has 1 rings (SSSR count). The minimum absolute atomic E-state index is 0.522. The summed E-state index contributed by atoms with van der Waals surface area (Å²) in [4.78, 5) is 11.3. The smallest absolute Gasteiger partial charge is 0.311 e. The molecule has 4 nitrogen and oxygen atoms in total. The van der Waals surface area contributed by atoms with E-state index in [2.05, 4.69) is 0 Å². The van der Waals surface area contributed by atoms with E-state index in [1.807, 2.05) is 6.92 Å². The van der Waals surface area contributed by atoms with Gasteiger partial charge in [-0.15, -0.1) is 0 Å². The van der Waals surface area contributed by atoms with Crippen LogP contribution in [-0.4, -0.2) is 25.3 Å². The van der Waals surface area contributed by atoms with Crippen LogP contribution in [-0.2, 0) is 4.79 Å². The standard InChI is InChI=1S/C14H20O4/c1-4-5-6-12(14(15)16)11-8-7-10(17-2)9-13(11)18-3/h7-9,12H,4-6H2,1-3H3,(H,15,16). The Bertz CT molecular complexity index is 401. The maximum Gasteiger partial charge on any atom is 0.311 e. The van der Waals surface area contributed by atoms with Gasteiger partial charge < -0.3 is 14.6 Å². The van der Waals surface area contributed by atoms with Crippen LogP contribution in [0, 0.1) is 0 Å². The van der Waals surface area contributed by atoms with Crippen molar-refractivity contribution in [1.82, 2.24) is 0 Å². The van der Waals surface area contributed by atoms with E-state index in [-0.39, 0.29) is 0 Å². The number of carbonyl (C=O) groups is 1. The molecule has 0 saturated carbocycles. The van der Waals surface area contributed by atoms with Crippen LogP contribution in [0.15, 0.2) is 18.2 Å². The molecule has 0 aromatic heterocycles. The lowest BCUT2D eigenvalue weighted by atomic mass is 9.93. The Hall–Kier alpha value is -1.71. The van der Waals surface area contributed by atoms with Gasteiger partial charge in [0.05, 0.1) is 20.1 Å². The predicted octanol–water partition coefficient (Wildman–Crippen LogP) is 3.06. The van der Waals surface area contributed by atoms with Crippen LogP contribution < -0.4 is 9.47 Å². The second-order valence-electron chi connectivity index (χ2n) is 4.14. The van der Waals surface area contributed by atoms with Crippen molar-refractivity contribution in [3.63, 3.8) is 0 Å². The third kappa shape index (κ3) is 3.39. The number of carboxylic acids is 1. The van der Waals surface area contributed by atoms with Gasteiger partial charge in [-0.3, -0.25) is 4.79 Å². The fourth-order valence-corrected chi connectivity index (χ4v) is 1.93. The van der Waals surface area contributed by atoms with Gasteiger partial charge in [-0.25, -0.2) is 0 Å². The number of rotatable bonds is 7. The average Bonchev–Trinajstić information content (AvgIpc) is 2.38. The highest BCUT2D eigenvalue weighted by atomic mass is 16.5. The van der Waals surface area contributed by atoms with Gasteiger partial charge in [0.2, 0.25) is 0 Å². The van der Waals surface area contributed by atoms with Crippen molar-refractivity contribution >= 4 is 5.97 Å².